The second-order valence-electron chi connectivity index (χ2n) is 10.2. The summed E-state index contributed by atoms with van der Waals surface area (Å²) in [7, 11) is -0.844. The van der Waals surface area contributed by atoms with E-state index < -0.39 is 22.2 Å². The fourth-order valence-electron chi connectivity index (χ4n) is 5.12. The van der Waals surface area contributed by atoms with Gasteiger partial charge in [0, 0.05) is 41.6 Å². The molecule has 0 aromatic heterocycles. The number of carbonyl (C=O) groups is 3. The number of fused-ring (bicyclic) bond motifs is 1. The van der Waals surface area contributed by atoms with Crippen molar-refractivity contribution in [1.82, 2.24) is 15.5 Å². The topological polar surface area (TPSA) is 97.0 Å². The molecular formula is C27H31F2N3O5Si. The number of benzene rings is 2. The molecule has 1 aliphatic carbocycles. The van der Waals surface area contributed by atoms with Gasteiger partial charge < -0.3 is 25.0 Å². The van der Waals surface area contributed by atoms with Crippen LogP contribution in [0.3, 0.4) is 0 Å². The molecular weight excluding hydrogens is 512 g/mol. The molecule has 2 aliphatic heterocycles. The van der Waals surface area contributed by atoms with Crippen LogP contribution < -0.4 is 20.1 Å². The number of nitrogens with one attached hydrogen (secondary N) is 2. The third-order valence-corrected chi connectivity index (χ3v) is 9.75. The summed E-state index contributed by atoms with van der Waals surface area (Å²) >= 11 is 0. The highest BCUT2D eigenvalue weighted by atomic mass is 28.2. The molecule has 38 heavy (non-hydrogen) atoms. The standard InChI is InChI=1S/C27H31F2N3O5Si/c1-15(33)32-12-24(18-6-7-22(37-27(28)29)23(9-18)36-13-16-2-3-16)38-14-21(32)26(35)30-10-17-4-5-19-11-31-25(34)20(19)8-17/h4-9,16,21,24,27H,2-3,10-14,38H2,1H3,(H,30,35)(H,31,34)/t21-,24-/m1/s1. The maximum atomic E-state index is 13.1. The maximum Gasteiger partial charge on any atom is 0.387 e. The van der Waals surface area contributed by atoms with E-state index in [2.05, 4.69) is 15.4 Å². The summed E-state index contributed by atoms with van der Waals surface area (Å²) in [6, 6.07) is 10.6. The van der Waals surface area contributed by atoms with E-state index in [4.69, 9.17) is 4.74 Å². The van der Waals surface area contributed by atoms with Crippen molar-refractivity contribution < 1.29 is 32.6 Å². The lowest BCUT2D eigenvalue weighted by atomic mass is 10.1. The molecule has 2 N–H and O–H groups in total. The summed E-state index contributed by atoms with van der Waals surface area (Å²) in [6.07, 6.45) is 2.14. The second kappa shape index (κ2) is 11.1. The van der Waals surface area contributed by atoms with Crippen LogP contribution in [0, 0.1) is 5.92 Å². The zero-order valence-corrected chi connectivity index (χ0v) is 22.6. The Morgan fingerprint density at radius 3 is 2.74 bits per heavy atom. The normalized spacial score (nSPS) is 21.3. The number of nitrogens with zero attached hydrogens (tertiary/aromatic N) is 1. The van der Waals surface area contributed by atoms with E-state index in [1.165, 1.54) is 13.0 Å². The Labute approximate surface area is 221 Å². The van der Waals surface area contributed by atoms with Crippen molar-refractivity contribution >= 4 is 27.2 Å². The van der Waals surface area contributed by atoms with E-state index in [9.17, 15) is 23.2 Å². The van der Waals surface area contributed by atoms with Crippen molar-refractivity contribution in [1.29, 1.82) is 0 Å². The molecule has 11 heteroatoms. The van der Waals surface area contributed by atoms with Gasteiger partial charge in [-0.15, -0.1) is 0 Å². The molecule has 0 unspecified atom stereocenters. The van der Waals surface area contributed by atoms with Crippen molar-refractivity contribution in [3.05, 3.63) is 58.7 Å². The van der Waals surface area contributed by atoms with Crippen LogP contribution in [0.5, 0.6) is 11.5 Å². The van der Waals surface area contributed by atoms with Crippen molar-refractivity contribution in [2.75, 3.05) is 13.2 Å². The Morgan fingerprint density at radius 2 is 2.00 bits per heavy atom. The maximum absolute atomic E-state index is 13.1. The minimum atomic E-state index is -2.95. The van der Waals surface area contributed by atoms with E-state index in [1.807, 2.05) is 12.1 Å². The summed E-state index contributed by atoms with van der Waals surface area (Å²) in [4.78, 5) is 39.2. The summed E-state index contributed by atoms with van der Waals surface area (Å²) in [6.45, 7) is 0.123. The molecule has 2 atom stereocenters. The highest BCUT2D eigenvalue weighted by molar-refractivity contribution is 6.39. The lowest BCUT2D eigenvalue weighted by molar-refractivity contribution is -0.138. The zero-order chi connectivity index (χ0) is 26.8. The Hall–Kier alpha value is -3.47. The van der Waals surface area contributed by atoms with Gasteiger partial charge in [0.25, 0.3) is 5.91 Å². The van der Waals surface area contributed by atoms with E-state index in [0.717, 1.165) is 29.5 Å². The van der Waals surface area contributed by atoms with E-state index in [-0.39, 0.29) is 35.6 Å². The number of hydrogen-bond acceptors (Lipinski definition) is 5. The van der Waals surface area contributed by atoms with Gasteiger partial charge in [0.15, 0.2) is 11.5 Å². The average Bonchev–Trinajstić information content (AvgIpc) is 3.67. The van der Waals surface area contributed by atoms with E-state index >= 15 is 0 Å². The quantitative estimate of drug-likeness (QED) is 0.474. The van der Waals surface area contributed by atoms with Gasteiger partial charge >= 0.3 is 6.61 Å². The van der Waals surface area contributed by atoms with Crippen molar-refractivity contribution in [3.63, 3.8) is 0 Å². The van der Waals surface area contributed by atoms with Crippen LogP contribution in [0.2, 0.25) is 6.04 Å². The van der Waals surface area contributed by atoms with Gasteiger partial charge in [0.1, 0.15) is 6.04 Å². The summed E-state index contributed by atoms with van der Waals surface area (Å²) < 4.78 is 36.3. The van der Waals surface area contributed by atoms with Crippen molar-refractivity contribution in [2.45, 2.75) is 57.1 Å². The molecule has 3 aliphatic rings. The van der Waals surface area contributed by atoms with Gasteiger partial charge in [-0.05, 0) is 65.2 Å². The molecule has 202 valence electrons. The minimum absolute atomic E-state index is 0.00610. The molecule has 1 saturated carbocycles. The molecule has 2 fully saturated rings. The first kappa shape index (κ1) is 26.1. The monoisotopic (exact) mass is 543 g/mol. The third-order valence-electron chi connectivity index (χ3n) is 7.44. The summed E-state index contributed by atoms with van der Waals surface area (Å²) in [5.41, 5.74) is 3.35. The number of amides is 3. The molecule has 0 bridgehead atoms. The minimum Gasteiger partial charge on any atom is -0.489 e. The van der Waals surface area contributed by atoms with Gasteiger partial charge in [0.05, 0.1) is 6.61 Å². The molecule has 0 radical (unpaired) electrons. The van der Waals surface area contributed by atoms with Crippen LogP contribution >= 0.6 is 0 Å². The summed E-state index contributed by atoms with van der Waals surface area (Å²) in [5, 5.41) is 5.71. The number of ether oxygens (including phenoxy) is 2. The fourth-order valence-corrected chi connectivity index (χ4v) is 7.46. The number of rotatable bonds is 9. The molecule has 8 nitrogen and oxygen atoms in total. The molecule has 5 rings (SSSR count). The van der Waals surface area contributed by atoms with Gasteiger partial charge in [-0.3, -0.25) is 14.4 Å². The lowest BCUT2D eigenvalue weighted by Crippen LogP contribution is -2.54. The average molecular weight is 544 g/mol. The van der Waals surface area contributed by atoms with Crippen LogP contribution in [0.25, 0.3) is 0 Å². The Balaban J connectivity index is 1.25. The largest absolute Gasteiger partial charge is 0.489 e. The Bertz CT molecular complexity index is 1240. The number of halogens is 2. The van der Waals surface area contributed by atoms with Crippen LogP contribution in [0.1, 0.15) is 52.4 Å². The first-order valence-corrected chi connectivity index (χ1v) is 14.8. The van der Waals surface area contributed by atoms with E-state index in [1.54, 1.807) is 23.1 Å². The fraction of sp³-hybridized carbons (Fsp3) is 0.444. The van der Waals surface area contributed by atoms with Gasteiger partial charge in [-0.1, -0.05) is 18.2 Å². The molecule has 2 aromatic carbocycles. The zero-order valence-electron chi connectivity index (χ0n) is 21.2. The van der Waals surface area contributed by atoms with Crippen LogP contribution in [-0.4, -0.2) is 57.9 Å². The molecule has 1 saturated heterocycles. The van der Waals surface area contributed by atoms with Gasteiger partial charge in [0.2, 0.25) is 11.8 Å². The Morgan fingerprint density at radius 1 is 1.18 bits per heavy atom. The second-order valence-corrected chi connectivity index (χ2v) is 12.3. The summed E-state index contributed by atoms with van der Waals surface area (Å²) in [5.74, 6) is 0.220. The third kappa shape index (κ3) is 5.98. The molecule has 2 aromatic rings. The highest BCUT2D eigenvalue weighted by Crippen LogP contribution is 2.36. The first-order valence-electron chi connectivity index (χ1n) is 12.9. The predicted octanol–water partition coefficient (Wildman–Crippen LogP) is 2.50. The van der Waals surface area contributed by atoms with Gasteiger partial charge in [-0.2, -0.15) is 8.78 Å². The van der Waals surface area contributed by atoms with E-state index in [0.29, 0.717) is 43.0 Å². The number of carbonyl (C=O) groups excluding carboxylic acids is 3. The predicted molar refractivity (Wildman–Crippen MR) is 138 cm³/mol. The SMILES string of the molecule is CC(=O)N1C[C@H](c2ccc(OC(F)F)c(OCC3CC3)c2)[SiH2]C[C@@H]1C(=O)NCc1ccc2c(c1)C(=O)NC2. The van der Waals surface area contributed by atoms with Crippen LogP contribution in [-0.2, 0) is 22.7 Å². The molecule has 3 amide bonds. The number of alkyl halides is 2. The van der Waals surface area contributed by atoms with Crippen molar-refractivity contribution in [2.24, 2.45) is 5.92 Å². The lowest BCUT2D eigenvalue weighted by Gasteiger charge is -2.38. The smallest absolute Gasteiger partial charge is 0.387 e. The van der Waals surface area contributed by atoms with Crippen LogP contribution in [0.4, 0.5) is 8.78 Å². The molecule has 0 spiro atoms. The highest BCUT2D eigenvalue weighted by Gasteiger charge is 2.36. The Kier molecular flexibility index (Phi) is 7.64. The number of hydrogen-bond donors (Lipinski definition) is 2. The molecule has 2 heterocycles. The van der Waals surface area contributed by atoms with Crippen LogP contribution in [0.15, 0.2) is 36.4 Å². The van der Waals surface area contributed by atoms with Gasteiger partial charge in [-0.25, -0.2) is 0 Å². The van der Waals surface area contributed by atoms with Crippen molar-refractivity contribution in [3.8, 4) is 11.5 Å². The first-order chi connectivity index (χ1) is 18.3.